The number of alkyl halides is 3. The van der Waals surface area contributed by atoms with E-state index in [0.717, 1.165) is 6.07 Å². The van der Waals surface area contributed by atoms with Gasteiger partial charge in [0.05, 0.1) is 18.2 Å². The largest absolute Gasteiger partial charge is 0.435 e. The molecule has 1 saturated carbocycles. The molecule has 2 rings (SSSR count). The second-order valence-electron chi connectivity index (χ2n) is 4.37. The number of aliphatic hydroxyl groups excluding tert-OH is 2. The molecule has 1 aliphatic carbocycles. The molecule has 17 heavy (non-hydrogen) atoms. The molecule has 1 aromatic heterocycles. The van der Waals surface area contributed by atoms with E-state index in [1.807, 2.05) is 0 Å². The Balaban J connectivity index is 2.26. The third-order valence-electron chi connectivity index (χ3n) is 3.03. The first-order chi connectivity index (χ1) is 7.79. The molecule has 4 nitrogen and oxygen atoms in total. The smallest absolute Gasteiger partial charge is 0.390 e. The summed E-state index contributed by atoms with van der Waals surface area (Å²) in [5.74, 6) is 0. The molecule has 2 unspecified atom stereocenters. The van der Waals surface area contributed by atoms with Crippen LogP contribution in [-0.4, -0.2) is 32.2 Å². The Kier molecular flexibility index (Phi) is 2.90. The number of aromatic nitrogens is 2. The topological polar surface area (TPSA) is 58.3 Å². The zero-order chi connectivity index (χ0) is 12.8. The molecule has 1 heterocycles. The first kappa shape index (κ1) is 12.4. The van der Waals surface area contributed by atoms with E-state index in [9.17, 15) is 23.4 Å². The minimum absolute atomic E-state index is 0.223. The van der Waals surface area contributed by atoms with E-state index in [1.165, 1.54) is 11.6 Å². The monoisotopic (exact) mass is 250 g/mol. The zero-order valence-corrected chi connectivity index (χ0v) is 9.15. The van der Waals surface area contributed by atoms with Gasteiger partial charge in [-0.25, -0.2) is 0 Å². The lowest BCUT2D eigenvalue weighted by molar-refractivity contribution is -0.141. The third kappa shape index (κ3) is 2.30. The van der Waals surface area contributed by atoms with Crippen LogP contribution in [0.3, 0.4) is 0 Å². The van der Waals surface area contributed by atoms with Gasteiger partial charge in [0.1, 0.15) is 0 Å². The number of nitrogens with zero attached hydrogens (tertiary/aromatic N) is 2. The fraction of sp³-hybridized carbons (Fsp3) is 0.700. The van der Waals surface area contributed by atoms with E-state index < -0.39 is 24.1 Å². The maximum absolute atomic E-state index is 12.4. The summed E-state index contributed by atoms with van der Waals surface area (Å²) in [7, 11) is 0. The highest BCUT2D eigenvalue weighted by Gasteiger charge is 2.38. The van der Waals surface area contributed by atoms with Crippen LogP contribution in [0.5, 0.6) is 0 Å². The summed E-state index contributed by atoms with van der Waals surface area (Å²) in [5, 5.41) is 22.2. The van der Waals surface area contributed by atoms with Crippen LogP contribution in [0.2, 0.25) is 0 Å². The van der Waals surface area contributed by atoms with Crippen LogP contribution in [0.25, 0.3) is 0 Å². The molecule has 2 atom stereocenters. The lowest BCUT2D eigenvalue weighted by Gasteiger charge is -2.12. The molecule has 1 aliphatic rings. The first-order valence-corrected chi connectivity index (χ1v) is 5.28. The summed E-state index contributed by atoms with van der Waals surface area (Å²) >= 11 is 0. The predicted octanol–water partition coefficient (Wildman–Crippen LogP) is 1.27. The van der Waals surface area contributed by atoms with Crippen molar-refractivity contribution in [3.8, 4) is 0 Å². The lowest BCUT2D eigenvalue weighted by Crippen LogP contribution is -2.17. The Labute approximate surface area is 95.7 Å². The van der Waals surface area contributed by atoms with Gasteiger partial charge in [-0.3, -0.25) is 4.68 Å². The van der Waals surface area contributed by atoms with Crippen LogP contribution >= 0.6 is 0 Å². The van der Waals surface area contributed by atoms with Gasteiger partial charge in [-0.1, -0.05) is 0 Å². The average molecular weight is 250 g/mol. The van der Waals surface area contributed by atoms with Crippen molar-refractivity contribution in [3.05, 3.63) is 17.5 Å². The average Bonchev–Trinajstić information content (AvgIpc) is 2.71. The van der Waals surface area contributed by atoms with Crippen LogP contribution in [0.4, 0.5) is 13.2 Å². The van der Waals surface area contributed by atoms with Crippen molar-refractivity contribution in [2.75, 3.05) is 0 Å². The number of rotatable bonds is 1. The van der Waals surface area contributed by atoms with E-state index in [0.29, 0.717) is 5.69 Å². The number of hydrogen-bond acceptors (Lipinski definition) is 3. The Bertz CT molecular complexity index is 406. The molecular formula is C10H13F3N2O2. The Morgan fingerprint density at radius 3 is 2.24 bits per heavy atom. The molecule has 0 spiro atoms. The summed E-state index contributed by atoms with van der Waals surface area (Å²) in [5.41, 5.74) is -0.561. The van der Waals surface area contributed by atoms with Crippen molar-refractivity contribution < 1.29 is 23.4 Å². The van der Waals surface area contributed by atoms with Crippen molar-refractivity contribution in [2.45, 2.75) is 44.2 Å². The van der Waals surface area contributed by atoms with Crippen molar-refractivity contribution in [1.29, 1.82) is 0 Å². The minimum Gasteiger partial charge on any atom is -0.390 e. The maximum Gasteiger partial charge on any atom is 0.435 e. The first-order valence-electron chi connectivity index (χ1n) is 5.28. The Morgan fingerprint density at radius 2 is 1.82 bits per heavy atom. The van der Waals surface area contributed by atoms with Crippen LogP contribution in [-0.2, 0) is 6.18 Å². The summed E-state index contributed by atoms with van der Waals surface area (Å²) in [6, 6.07) is 0.591. The van der Waals surface area contributed by atoms with E-state index in [4.69, 9.17) is 0 Å². The van der Waals surface area contributed by atoms with Gasteiger partial charge < -0.3 is 10.2 Å². The number of halogens is 3. The fourth-order valence-corrected chi connectivity index (χ4v) is 2.16. The Morgan fingerprint density at radius 1 is 1.29 bits per heavy atom. The van der Waals surface area contributed by atoms with Crippen molar-refractivity contribution in [3.63, 3.8) is 0 Å². The summed E-state index contributed by atoms with van der Waals surface area (Å²) in [6.45, 7) is 1.53. The molecule has 0 aliphatic heterocycles. The second-order valence-corrected chi connectivity index (χ2v) is 4.37. The second kappa shape index (κ2) is 3.99. The van der Waals surface area contributed by atoms with Crippen LogP contribution in [0.15, 0.2) is 6.07 Å². The van der Waals surface area contributed by atoms with Gasteiger partial charge in [0, 0.05) is 5.69 Å². The lowest BCUT2D eigenvalue weighted by atomic mass is 10.2. The predicted molar refractivity (Wildman–Crippen MR) is 52.3 cm³/mol. The fourth-order valence-electron chi connectivity index (χ4n) is 2.16. The number of hydrogen-bond donors (Lipinski definition) is 2. The zero-order valence-electron chi connectivity index (χ0n) is 9.15. The van der Waals surface area contributed by atoms with E-state index >= 15 is 0 Å². The summed E-state index contributed by atoms with van der Waals surface area (Å²) in [4.78, 5) is 0. The Hall–Kier alpha value is -1.08. The summed E-state index contributed by atoms with van der Waals surface area (Å²) < 4.78 is 38.6. The van der Waals surface area contributed by atoms with Gasteiger partial charge in [-0.05, 0) is 25.8 Å². The van der Waals surface area contributed by atoms with Gasteiger partial charge in [-0.15, -0.1) is 0 Å². The third-order valence-corrected chi connectivity index (χ3v) is 3.03. The molecule has 96 valence electrons. The van der Waals surface area contributed by atoms with Gasteiger partial charge in [-0.2, -0.15) is 18.3 Å². The number of aryl methyl sites for hydroxylation is 1. The highest BCUT2D eigenvalue weighted by molar-refractivity contribution is 5.13. The van der Waals surface area contributed by atoms with Crippen molar-refractivity contribution >= 4 is 0 Å². The van der Waals surface area contributed by atoms with Gasteiger partial charge in [0.25, 0.3) is 0 Å². The van der Waals surface area contributed by atoms with Crippen LogP contribution in [0, 0.1) is 6.92 Å². The highest BCUT2D eigenvalue weighted by atomic mass is 19.4. The van der Waals surface area contributed by atoms with E-state index in [1.54, 1.807) is 0 Å². The molecule has 1 aromatic rings. The molecule has 0 aromatic carbocycles. The molecule has 2 N–H and O–H groups in total. The standard InChI is InChI=1S/C10H13F3N2O2/c1-5-2-9(10(11,12)13)14-15(5)6-3-7(16)8(17)4-6/h2,6-8,16-17H,3-4H2,1H3. The van der Waals surface area contributed by atoms with Gasteiger partial charge in [0.2, 0.25) is 0 Å². The normalized spacial score (nSPS) is 29.9. The molecule has 0 radical (unpaired) electrons. The van der Waals surface area contributed by atoms with Gasteiger partial charge in [0.15, 0.2) is 5.69 Å². The molecule has 1 fully saturated rings. The van der Waals surface area contributed by atoms with Crippen LogP contribution < -0.4 is 0 Å². The minimum atomic E-state index is -4.47. The van der Waals surface area contributed by atoms with E-state index in [2.05, 4.69) is 5.10 Å². The molecule has 0 amide bonds. The quantitative estimate of drug-likeness (QED) is 0.789. The van der Waals surface area contributed by atoms with E-state index in [-0.39, 0.29) is 18.9 Å². The molecule has 0 bridgehead atoms. The highest BCUT2D eigenvalue weighted by Crippen LogP contribution is 2.34. The van der Waals surface area contributed by atoms with Crippen molar-refractivity contribution in [2.24, 2.45) is 0 Å². The number of aliphatic hydroxyl groups is 2. The van der Waals surface area contributed by atoms with Crippen LogP contribution in [0.1, 0.15) is 30.3 Å². The molecule has 7 heteroatoms. The van der Waals surface area contributed by atoms with Gasteiger partial charge >= 0.3 is 6.18 Å². The van der Waals surface area contributed by atoms with Crippen molar-refractivity contribution in [1.82, 2.24) is 9.78 Å². The summed E-state index contributed by atoms with van der Waals surface area (Å²) in [6.07, 6.45) is -5.80. The molecular weight excluding hydrogens is 237 g/mol. The SMILES string of the molecule is Cc1cc(C(F)(F)F)nn1C1CC(O)C(O)C1. The molecule has 0 saturated heterocycles. The maximum atomic E-state index is 12.4.